The number of rotatable bonds is 3. The molecule has 0 aromatic rings. The molecule has 0 N–H and O–H groups in total. The molecule has 0 amide bonds. The van der Waals surface area contributed by atoms with Gasteiger partial charge >= 0.3 is 0 Å². The minimum atomic E-state index is 0.844. The summed E-state index contributed by atoms with van der Waals surface area (Å²) in [5, 5.41) is 0. The van der Waals surface area contributed by atoms with Gasteiger partial charge in [0.05, 0.1) is 0 Å². The maximum absolute atomic E-state index is 2.66. The van der Waals surface area contributed by atoms with Crippen molar-refractivity contribution < 1.29 is 0 Å². The molecule has 1 heteroatoms. The average molecular weight is 155 g/mol. The van der Waals surface area contributed by atoms with Crippen LogP contribution in [0.25, 0.3) is 0 Å². The number of nitrogens with zero attached hydrogens (tertiary/aromatic N) is 1. The molecule has 1 nitrogen and oxygen atoms in total. The van der Waals surface area contributed by atoms with Crippen LogP contribution in [-0.4, -0.2) is 23.5 Å². The van der Waals surface area contributed by atoms with Gasteiger partial charge in [-0.05, 0) is 39.7 Å². The zero-order valence-corrected chi connectivity index (χ0v) is 8.14. The summed E-state index contributed by atoms with van der Waals surface area (Å²) in [5.74, 6) is 0. The number of hydrogen-bond donors (Lipinski definition) is 0. The minimum absolute atomic E-state index is 0.844. The van der Waals surface area contributed by atoms with Gasteiger partial charge in [-0.25, -0.2) is 0 Å². The van der Waals surface area contributed by atoms with Gasteiger partial charge in [0.2, 0.25) is 0 Å². The van der Waals surface area contributed by atoms with Crippen LogP contribution in [0.5, 0.6) is 0 Å². The molecule has 1 aliphatic heterocycles. The fraction of sp³-hybridized carbons (Fsp3) is 1.00. The van der Waals surface area contributed by atoms with Crippen LogP contribution in [0.1, 0.15) is 46.5 Å². The van der Waals surface area contributed by atoms with Crippen LogP contribution in [0.15, 0.2) is 0 Å². The quantitative estimate of drug-likeness (QED) is 0.605. The topological polar surface area (TPSA) is 3.24 Å². The van der Waals surface area contributed by atoms with Crippen molar-refractivity contribution in [2.45, 2.75) is 58.5 Å². The molecule has 0 spiro atoms. The van der Waals surface area contributed by atoms with Crippen LogP contribution >= 0.6 is 0 Å². The van der Waals surface area contributed by atoms with Crippen molar-refractivity contribution in [3.8, 4) is 0 Å². The molecule has 1 aliphatic rings. The van der Waals surface area contributed by atoms with Crippen molar-refractivity contribution in [3.63, 3.8) is 0 Å². The van der Waals surface area contributed by atoms with Gasteiger partial charge in [0.15, 0.2) is 0 Å². The summed E-state index contributed by atoms with van der Waals surface area (Å²) in [4.78, 5) is 2.66. The first-order valence-electron chi connectivity index (χ1n) is 5.01. The highest BCUT2D eigenvalue weighted by atomic mass is 15.2. The Morgan fingerprint density at radius 3 is 2.18 bits per heavy atom. The molecule has 0 aliphatic carbocycles. The summed E-state index contributed by atoms with van der Waals surface area (Å²) in [7, 11) is 0. The molecule has 66 valence electrons. The molecule has 0 unspecified atom stereocenters. The fourth-order valence-electron chi connectivity index (χ4n) is 2.03. The van der Waals surface area contributed by atoms with E-state index in [9.17, 15) is 0 Å². The molecule has 0 aromatic carbocycles. The normalized spacial score (nSPS) is 33.0. The highest BCUT2D eigenvalue weighted by molar-refractivity contribution is 4.81. The minimum Gasteiger partial charge on any atom is -0.298 e. The molecule has 2 atom stereocenters. The lowest BCUT2D eigenvalue weighted by Crippen LogP contribution is -2.33. The van der Waals surface area contributed by atoms with E-state index in [1.807, 2.05) is 0 Å². The van der Waals surface area contributed by atoms with Crippen molar-refractivity contribution in [3.05, 3.63) is 0 Å². The summed E-state index contributed by atoms with van der Waals surface area (Å²) < 4.78 is 0. The molecule has 1 heterocycles. The second kappa shape index (κ2) is 4.10. The molecule has 1 fully saturated rings. The van der Waals surface area contributed by atoms with Crippen LogP contribution in [0.3, 0.4) is 0 Å². The summed E-state index contributed by atoms with van der Waals surface area (Å²) >= 11 is 0. The Morgan fingerprint density at radius 1 is 1.18 bits per heavy atom. The first kappa shape index (κ1) is 9.05. The number of hydrogen-bond acceptors (Lipinski definition) is 1. The van der Waals surface area contributed by atoms with Crippen LogP contribution in [0, 0.1) is 0 Å². The van der Waals surface area contributed by atoms with Gasteiger partial charge < -0.3 is 0 Å². The van der Waals surface area contributed by atoms with E-state index >= 15 is 0 Å². The Balaban J connectivity index is 2.29. The molecule has 0 bridgehead atoms. The predicted octanol–water partition coefficient (Wildman–Crippen LogP) is 2.66. The van der Waals surface area contributed by atoms with Crippen molar-refractivity contribution in [2.24, 2.45) is 0 Å². The summed E-state index contributed by atoms with van der Waals surface area (Å²) in [5.41, 5.74) is 0. The van der Waals surface area contributed by atoms with Crippen molar-refractivity contribution >= 4 is 0 Å². The lowest BCUT2D eigenvalue weighted by Gasteiger charge is -2.25. The Labute approximate surface area is 70.8 Å². The first-order valence-corrected chi connectivity index (χ1v) is 5.01. The second-order valence-corrected chi connectivity index (χ2v) is 3.87. The summed E-state index contributed by atoms with van der Waals surface area (Å²) in [6.07, 6.45) is 5.51. The summed E-state index contributed by atoms with van der Waals surface area (Å²) in [6, 6.07) is 1.69. The standard InChI is InChI=1S/C10H21N/c1-4-5-8-11-9(2)6-7-10(11)3/h9-10H,4-8H2,1-3H3/t9-,10+. The molecule has 1 rings (SSSR count). The van der Waals surface area contributed by atoms with Gasteiger partial charge in [-0.3, -0.25) is 4.90 Å². The Hall–Kier alpha value is -0.0400. The van der Waals surface area contributed by atoms with Gasteiger partial charge in [-0.2, -0.15) is 0 Å². The molecular formula is C10H21N. The Morgan fingerprint density at radius 2 is 1.73 bits per heavy atom. The maximum atomic E-state index is 2.66. The van der Waals surface area contributed by atoms with Gasteiger partial charge in [-0.1, -0.05) is 13.3 Å². The fourth-order valence-corrected chi connectivity index (χ4v) is 2.03. The molecule has 1 saturated heterocycles. The van der Waals surface area contributed by atoms with E-state index < -0.39 is 0 Å². The second-order valence-electron chi connectivity index (χ2n) is 3.87. The van der Waals surface area contributed by atoms with Gasteiger partial charge in [0, 0.05) is 12.1 Å². The van der Waals surface area contributed by atoms with Crippen molar-refractivity contribution in [1.29, 1.82) is 0 Å². The van der Waals surface area contributed by atoms with Crippen molar-refractivity contribution in [1.82, 2.24) is 4.90 Å². The lowest BCUT2D eigenvalue weighted by molar-refractivity contribution is 0.211. The Kier molecular flexibility index (Phi) is 3.38. The maximum Gasteiger partial charge on any atom is 0.00703 e. The average Bonchev–Trinajstić information content (AvgIpc) is 2.29. The predicted molar refractivity (Wildman–Crippen MR) is 49.8 cm³/mol. The van der Waals surface area contributed by atoms with E-state index in [1.165, 1.54) is 32.2 Å². The largest absolute Gasteiger partial charge is 0.298 e. The van der Waals surface area contributed by atoms with E-state index in [1.54, 1.807) is 0 Å². The first-order chi connectivity index (χ1) is 5.25. The van der Waals surface area contributed by atoms with E-state index in [4.69, 9.17) is 0 Å². The van der Waals surface area contributed by atoms with Gasteiger partial charge in [-0.15, -0.1) is 0 Å². The molecular weight excluding hydrogens is 134 g/mol. The summed E-state index contributed by atoms with van der Waals surface area (Å²) in [6.45, 7) is 8.31. The van der Waals surface area contributed by atoms with Gasteiger partial charge in [0.1, 0.15) is 0 Å². The van der Waals surface area contributed by atoms with Crippen LogP contribution < -0.4 is 0 Å². The van der Waals surface area contributed by atoms with Crippen molar-refractivity contribution in [2.75, 3.05) is 6.54 Å². The van der Waals surface area contributed by atoms with Crippen LogP contribution in [0.4, 0.5) is 0 Å². The third-order valence-electron chi connectivity index (χ3n) is 2.90. The molecule has 0 aromatic heterocycles. The van der Waals surface area contributed by atoms with Crippen LogP contribution in [0.2, 0.25) is 0 Å². The molecule has 0 radical (unpaired) electrons. The smallest absolute Gasteiger partial charge is 0.00703 e. The zero-order valence-electron chi connectivity index (χ0n) is 8.14. The third kappa shape index (κ3) is 2.19. The third-order valence-corrected chi connectivity index (χ3v) is 2.90. The Bertz CT molecular complexity index is 101. The van der Waals surface area contributed by atoms with E-state index in [0.717, 1.165) is 12.1 Å². The number of unbranched alkanes of at least 4 members (excludes halogenated alkanes) is 1. The monoisotopic (exact) mass is 155 g/mol. The van der Waals surface area contributed by atoms with E-state index in [2.05, 4.69) is 25.7 Å². The van der Waals surface area contributed by atoms with Gasteiger partial charge in [0.25, 0.3) is 0 Å². The van der Waals surface area contributed by atoms with E-state index in [-0.39, 0.29) is 0 Å². The lowest BCUT2D eigenvalue weighted by atomic mass is 10.2. The molecule has 11 heavy (non-hydrogen) atoms. The van der Waals surface area contributed by atoms with Crippen LogP contribution in [-0.2, 0) is 0 Å². The zero-order chi connectivity index (χ0) is 8.27. The SMILES string of the molecule is CCCCN1[C@H](C)CC[C@@H]1C. The molecule has 0 saturated carbocycles. The van der Waals surface area contributed by atoms with E-state index in [0.29, 0.717) is 0 Å². The highest BCUT2D eigenvalue weighted by Crippen LogP contribution is 2.23. The highest BCUT2D eigenvalue weighted by Gasteiger charge is 2.25. The number of likely N-dealkylation sites (tertiary alicyclic amines) is 1.